The van der Waals surface area contributed by atoms with Crippen LogP contribution in [0.3, 0.4) is 0 Å². The summed E-state index contributed by atoms with van der Waals surface area (Å²) in [5.41, 5.74) is 0.423. The van der Waals surface area contributed by atoms with Gasteiger partial charge in [0.05, 0.1) is 6.61 Å². The number of aliphatic hydroxyl groups excluding tert-OH is 3. The Balaban J connectivity index is 1.99. The van der Waals surface area contributed by atoms with E-state index in [1.165, 1.54) is 24.3 Å². The molecule has 1 fully saturated rings. The first-order valence-corrected chi connectivity index (χ1v) is 8.01. The zero-order valence-electron chi connectivity index (χ0n) is 14.1. The molecule has 5 atom stereocenters. The third-order valence-electron chi connectivity index (χ3n) is 3.80. The van der Waals surface area contributed by atoms with E-state index in [0.717, 1.165) is 6.08 Å². The Kier molecular flexibility index (Phi) is 6.95. The molecule has 1 aliphatic rings. The Morgan fingerprint density at radius 2 is 1.88 bits per heavy atom. The number of hydrogen-bond acceptors (Lipinski definition) is 9. The number of phenolic OH excluding ortho intramolecular Hbond substituents is 2. The van der Waals surface area contributed by atoms with E-state index in [9.17, 15) is 30.3 Å². The Bertz CT molecular complexity index is 645. The SMILES string of the molecule is CCOC[C@H]1OC(OC(=O)/C=C/c2ccc(O)c(O)c2)[C@H](O)[C@@H](O)[C@@H]1O. The normalized spacial score (nSPS) is 29.0. The fourth-order valence-electron chi connectivity index (χ4n) is 2.35. The molecule has 5 N–H and O–H groups in total. The van der Waals surface area contributed by atoms with Gasteiger partial charge in [0.1, 0.15) is 24.4 Å². The van der Waals surface area contributed by atoms with Crippen molar-refractivity contribution >= 4 is 12.0 Å². The monoisotopic (exact) mass is 370 g/mol. The average molecular weight is 370 g/mol. The first-order chi connectivity index (χ1) is 12.3. The molecule has 1 aliphatic heterocycles. The molecule has 26 heavy (non-hydrogen) atoms. The van der Waals surface area contributed by atoms with E-state index >= 15 is 0 Å². The molecule has 0 saturated carbocycles. The van der Waals surface area contributed by atoms with Gasteiger partial charge in [0, 0.05) is 12.7 Å². The summed E-state index contributed by atoms with van der Waals surface area (Å²) in [6.07, 6.45) is -4.69. The molecule has 1 aromatic rings. The largest absolute Gasteiger partial charge is 0.504 e. The van der Waals surface area contributed by atoms with Crippen LogP contribution in [0.2, 0.25) is 0 Å². The number of hydrogen-bond donors (Lipinski definition) is 5. The highest BCUT2D eigenvalue weighted by Crippen LogP contribution is 2.26. The summed E-state index contributed by atoms with van der Waals surface area (Å²) in [5, 5.41) is 48.3. The van der Waals surface area contributed by atoms with Crippen LogP contribution in [0.4, 0.5) is 0 Å². The van der Waals surface area contributed by atoms with E-state index < -0.39 is 36.7 Å². The molecule has 0 bridgehead atoms. The van der Waals surface area contributed by atoms with E-state index in [-0.39, 0.29) is 18.1 Å². The van der Waals surface area contributed by atoms with E-state index in [2.05, 4.69) is 0 Å². The minimum atomic E-state index is -1.63. The van der Waals surface area contributed by atoms with Crippen LogP contribution in [0.5, 0.6) is 11.5 Å². The number of rotatable bonds is 6. The van der Waals surface area contributed by atoms with Gasteiger partial charge < -0.3 is 39.7 Å². The molecule has 1 saturated heterocycles. The third-order valence-corrected chi connectivity index (χ3v) is 3.80. The molecule has 1 aromatic carbocycles. The van der Waals surface area contributed by atoms with E-state index in [1.54, 1.807) is 6.92 Å². The minimum Gasteiger partial charge on any atom is -0.504 e. The van der Waals surface area contributed by atoms with Crippen LogP contribution in [0.1, 0.15) is 12.5 Å². The van der Waals surface area contributed by atoms with Crippen molar-refractivity contribution in [2.24, 2.45) is 0 Å². The summed E-state index contributed by atoms with van der Waals surface area (Å²) >= 11 is 0. The van der Waals surface area contributed by atoms with Crippen LogP contribution < -0.4 is 0 Å². The van der Waals surface area contributed by atoms with Crippen molar-refractivity contribution in [3.8, 4) is 11.5 Å². The first kappa shape index (κ1) is 20.1. The van der Waals surface area contributed by atoms with Gasteiger partial charge in [-0.25, -0.2) is 4.79 Å². The second-order valence-electron chi connectivity index (χ2n) is 5.69. The first-order valence-electron chi connectivity index (χ1n) is 8.01. The highest BCUT2D eigenvalue weighted by atomic mass is 16.7. The van der Waals surface area contributed by atoms with E-state index in [1.807, 2.05) is 0 Å². The maximum absolute atomic E-state index is 11.9. The van der Waals surface area contributed by atoms with E-state index in [0.29, 0.717) is 12.2 Å². The van der Waals surface area contributed by atoms with E-state index in [4.69, 9.17) is 14.2 Å². The summed E-state index contributed by atoms with van der Waals surface area (Å²) in [5.74, 6) is -1.51. The van der Waals surface area contributed by atoms with Gasteiger partial charge in [-0.15, -0.1) is 0 Å². The smallest absolute Gasteiger partial charge is 0.333 e. The van der Waals surface area contributed by atoms with Crippen LogP contribution in [0, 0.1) is 0 Å². The summed E-state index contributed by atoms with van der Waals surface area (Å²) in [6, 6.07) is 3.96. The zero-order chi connectivity index (χ0) is 19.3. The number of carbonyl (C=O) groups is 1. The van der Waals surface area contributed by atoms with Crippen LogP contribution >= 0.6 is 0 Å². The Morgan fingerprint density at radius 3 is 2.54 bits per heavy atom. The molecule has 0 aromatic heterocycles. The maximum atomic E-state index is 11.9. The molecular weight excluding hydrogens is 348 g/mol. The molecular formula is C17H22O9. The second kappa shape index (κ2) is 8.97. The van der Waals surface area contributed by atoms with Crippen molar-refractivity contribution in [2.45, 2.75) is 37.6 Å². The topological polar surface area (TPSA) is 146 Å². The lowest BCUT2D eigenvalue weighted by Crippen LogP contribution is -2.59. The third kappa shape index (κ3) is 4.93. The molecule has 144 valence electrons. The second-order valence-corrected chi connectivity index (χ2v) is 5.69. The Hall–Kier alpha value is -2.17. The summed E-state index contributed by atoms with van der Waals surface area (Å²) in [6.45, 7) is 2.06. The fourth-order valence-corrected chi connectivity index (χ4v) is 2.35. The average Bonchev–Trinajstić information content (AvgIpc) is 2.62. The highest BCUT2D eigenvalue weighted by molar-refractivity contribution is 5.87. The molecule has 0 aliphatic carbocycles. The molecule has 9 heteroatoms. The van der Waals surface area contributed by atoms with Crippen molar-refractivity contribution < 1.29 is 44.5 Å². The molecule has 0 amide bonds. The summed E-state index contributed by atoms with van der Waals surface area (Å²) < 4.78 is 15.4. The van der Waals surface area contributed by atoms with Gasteiger partial charge in [-0.3, -0.25) is 0 Å². The lowest BCUT2D eigenvalue weighted by Gasteiger charge is -2.39. The zero-order valence-corrected chi connectivity index (χ0v) is 14.1. The van der Waals surface area contributed by atoms with Crippen molar-refractivity contribution in [3.05, 3.63) is 29.8 Å². The number of aromatic hydroxyl groups is 2. The predicted octanol–water partition coefficient (Wildman–Crippen LogP) is -0.502. The quantitative estimate of drug-likeness (QED) is 0.254. The number of aliphatic hydroxyl groups is 3. The van der Waals surface area contributed by atoms with Crippen LogP contribution in [-0.4, -0.2) is 75.4 Å². The number of phenols is 2. The van der Waals surface area contributed by atoms with Crippen molar-refractivity contribution in [1.82, 2.24) is 0 Å². The number of esters is 1. The summed E-state index contributed by atoms with van der Waals surface area (Å²) in [7, 11) is 0. The molecule has 1 heterocycles. The van der Waals surface area contributed by atoms with Crippen LogP contribution in [0.25, 0.3) is 6.08 Å². The highest BCUT2D eigenvalue weighted by Gasteiger charge is 2.45. The maximum Gasteiger partial charge on any atom is 0.333 e. The molecule has 0 radical (unpaired) electrons. The van der Waals surface area contributed by atoms with Crippen molar-refractivity contribution in [2.75, 3.05) is 13.2 Å². The van der Waals surface area contributed by atoms with Crippen molar-refractivity contribution in [1.29, 1.82) is 0 Å². The summed E-state index contributed by atoms with van der Waals surface area (Å²) in [4.78, 5) is 11.9. The minimum absolute atomic E-state index is 0.0435. The molecule has 2 rings (SSSR count). The molecule has 0 spiro atoms. The fraction of sp³-hybridized carbons (Fsp3) is 0.471. The lowest BCUT2D eigenvalue weighted by molar-refractivity contribution is -0.292. The van der Waals surface area contributed by atoms with Gasteiger partial charge in [0.15, 0.2) is 11.5 Å². The number of carbonyl (C=O) groups excluding carboxylic acids is 1. The number of ether oxygens (including phenoxy) is 3. The van der Waals surface area contributed by atoms with Crippen LogP contribution in [-0.2, 0) is 19.0 Å². The van der Waals surface area contributed by atoms with Gasteiger partial charge in [-0.2, -0.15) is 0 Å². The Labute approximate surface area is 149 Å². The standard InChI is InChI=1S/C17H22O9/c1-2-24-8-12-14(21)15(22)16(23)17(25-12)26-13(20)6-4-9-3-5-10(18)11(19)7-9/h3-7,12,14-19,21-23H,2,8H2,1H3/b6-4+/t12-,14-,15+,16-,17?/m1/s1. The molecule has 1 unspecified atom stereocenters. The predicted molar refractivity (Wildman–Crippen MR) is 88.1 cm³/mol. The Morgan fingerprint density at radius 1 is 1.15 bits per heavy atom. The lowest BCUT2D eigenvalue weighted by atomic mass is 9.99. The van der Waals surface area contributed by atoms with Gasteiger partial charge in [-0.1, -0.05) is 6.07 Å². The van der Waals surface area contributed by atoms with Gasteiger partial charge in [0.25, 0.3) is 0 Å². The van der Waals surface area contributed by atoms with Gasteiger partial charge in [-0.05, 0) is 30.7 Å². The van der Waals surface area contributed by atoms with Gasteiger partial charge in [0.2, 0.25) is 6.29 Å². The number of benzene rings is 1. The van der Waals surface area contributed by atoms with Crippen molar-refractivity contribution in [3.63, 3.8) is 0 Å². The molecule has 9 nitrogen and oxygen atoms in total. The van der Waals surface area contributed by atoms with Gasteiger partial charge >= 0.3 is 5.97 Å². The van der Waals surface area contributed by atoms with Crippen LogP contribution in [0.15, 0.2) is 24.3 Å².